The normalized spacial score (nSPS) is 25.6. The molecule has 0 aromatic heterocycles. The summed E-state index contributed by atoms with van der Waals surface area (Å²) < 4.78 is 0. The molecular weight excluding hydrogens is 248 g/mol. The first-order valence-corrected chi connectivity index (χ1v) is 7.78. The van der Waals surface area contributed by atoms with Gasteiger partial charge in [0.05, 0.1) is 6.04 Å². The smallest absolute Gasteiger partial charge is 0.239 e. The minimum absolute atomic E-state index is 0.0269. The van der Waals surface area contributed by atoms with E-state index in [1.807, 2.05) is 0 Å². The summed E-state index contributed by atoms with van der Waals surface area (Å²) in [7, 11) is 0. The van der Waals surface area contributed by atoms with Crippen LogP contribution in [0.4, 0.5) is 0 Å². The van der Waals surface area contributed by atoms with Crippen LogP contribution in [0, 0.1) is 0 Å². The van der Waals surface area contributed by atoms with Crippen LogP contribution in [0.5, 0.6) is 0 Å². The Morgan fingerprint density at radius 1 is 1.35 bits per heavy atom. The number of fused-ring (bicyclic) bond motifs is 1. The van der Waals surface area contributed by atoms with E-state index in [-0.39, 0.29) is 6.04 Å². The van der Waals surface area contributed by atoms with E-state index in [0.717, 1.165) is 32.4 Å². The molecule has 1 aliphatic heterocycles. The van der Waals surface area contributed by atoms with E-state index in [4.69, 9.17) is 0 Å². The monoisotopic (exact) mass is 272 g/mol. The van der Waals surface area contributed by atoms with Gasteiger partial charge in [-0.3, -0.25) is 4.79 Å². The molecule has 1 amide bonds. The van der Waals surface area contributed by atoms with Crippen LogP contribution in [0.3, 0.4) is 0 Å². The number of carbonyl (C=O) groups is 1. The number of hydrogen-bond acceptors (Lipinski definition) is 2. The van der Waals surface area contributed by atoms with Gasteiger partial charge >= 0.3 is 0 Å². The predicted molar refractivity (Wildman–Crippen MR) is 80.8 cm³/mol. The molecule has 0 bridgehead atoms. The number of rotatable bonds is 4. The van der Waals surface area contributed by atoms with Crippen molar-refractivity contribution in [2.24, 2.45) is 0 Å². The van der Waals surface area contributed by atoms with Gasteiger partial charge in [-0.05, 0) is 30.4 Å². The van der Waals surface area contributed by atoms with E-state index in [9.17, 15) is 4.79 Å². The number of nitrogens with zero attached hydrogens (tertiary/aromatic N) is 1. The summed E-state index contributed by atoms with van der Waals surface area (Å²) in [5.74, 6) is 0.849. The maximum Gasteiger partial charge on any atom is 0.239 e. The van der Waals surface area contributed by atoms with E-state index < -0.39 is 0 Å². The maximum atomic E-state index is 12.5. The number of benzene rings is 1. The summed E-state index contributed by atoms with van der Waals surface area (Å²) in [6, 6.07) is 9.01. The molecular formula is C17H24N2O. The SMILES string of the molecule is CC(C)NC1CCCN(CC2Cc3ccccc32)C1=O. The minimum Gasteiger partial charge on any atom is -0.341 e. The minimum atomic E-state index is 0.0269. The van der Waals surface area contributed by atoms with Crippen molar-refractivity contribution in [3.8, 4) is 0 Å². The standard InChI is InChI=1S/C17H24N2O/c1-12(2)18-16-8-5-9-19(17(16)20)11-14-10-13-6-3-4-7-15(13)14/h3-4,6-7,12,14,16,18H,5,8-11H2,1-2H3. The molecule has 1 heterocycles. The van der Waals surface area contributed by atoms with Crippen molar-refractivity contribution in [1.29, 1.82) is 0 Å². The number of piperidine rings is 1. The number of likely N-dealkylation sites (tertiary alicyclic amines) is 1. The molecule has 0 radical (unpaired) electrons. The third-order valence-corrected chi connectivity index (χ3v) is 4.47. The van der Waals surface area contributed by atoms with Gasteiger partial charge in [-0.15, -0.1) is 0 Å². The van der Waals surface area contributed by atoms with Crippen LogP contribution in [0.15, 0.2) is 24.3 Å². The molecule has 2 aliphatic rings. The Hall–Kier alpha value is -1.35. The zero-order valence-corrected chi connectivity index (χ0v) is 12.4. The molecule has 1 aromatic rings. The lowest BCUT2D eigenvalue weighted by atomic mass is 9.77. The highest BCUT2D eigenvalue weighted by Gasteiger charge is 2.33. The van der Waals surface area contributed by atoms with Crippen LogP contribution in [-0.2, 0) is 11.2 Å². The van der Waals surface area contributed by atoms with Crippen LogP contribution in [0.2, 0.25) is 0 Å². The molecule has 3 nitrogen and oxygen atoms in total. The number of amides is 1. The highest BCUT2D eigenvalue weighted by atomic mass is 16.2. The average Bonchev–Trinajstić information content (AvgIpc) is 2.39. The quantitative estimate of drug-likeness (QED) is 0.912. The third kappa shape index (κ3) is 2.59. The summed E-state index contributed by atoms with van der Waals surface area (Å²) in [5.41, 5.74) is 2.90. The van der Waals surface area contributed by atoms with Gasteiger partial charge in [-0.1, -0.05) is 38.1 Å². The Labute approximate surface area is 121 Å². The van der Waals surface area contributed by atoms with Crippen LogP contribution >= 0.6 is 0 Å². The van der Waals surface area contributed by atoms with Crippen LogP contribution in [-0.4, -0.2) is 36.0 Å². The Morgan fingerprint density at radius 3 is 2.90 bits per heavy atom. The fraction of sp³-hybridized carbons (Fsp3) is 0.588. The van der Waals surface area contributed by atoms with Crippen molar-refractivity contribution in [3.05, 3.63) is 35.4 Å². The van der Waals surface area contributed by atoms with Crippen molar-refractivity contribution >= 4 is 5.91 Å². The number of nitrogens with one attached hydrogen (secondary N) is 1. The lowest BCUT2D eigenvalue weighted by molar-refractivity contribution is -0.136. The molecule has 2 atom stereocenters. The largest absolute Gasteiger partial charge is 0.341 e. The second-order valence-corrected chi connectivity index (χ2v) is 6.40. The molecule has 1 aliphatic carbocycles. The Balaban J connectivity index is 1.62. The zero-order chi connectivity index (χ0) is 14.1. The maximum absolute atomic E-state index is 12.5. The van der Waals surface area contributed by atoms with Crippen molar-refractivity contribution < 1.29 is 4.79 Å². The second-order valence-electron chi connectivity index (χ2n) is 6.40. The summed E-state index contributed by atoms with van der Waals surface area (Å²) in [4.78, 5) is 14.6. The molecule has 0 spiro atoms. The van der Waals surface area contributed by atoms with Gasteiger partial charge in [0.25, 0.3) is 0 Å². The lowest BCUT2D eigenvalue weighted by Crippen LogP contribution is -2.53. The molecule has 3 rings (SSSR count). The Kier molecular flexibility index (Phi) is 3.79. The lowest BCUT2D eigenvalue weighted by Gasteiger charge is -2.39. The molecule has 1 fully saturated rings. The molecule has 1 aromatic carbocycles. The summed E-state index contributed by atoms with van der Waals surface area (Å²) in [6.07, 6.45) is 3.22. The summed E-state index contributed by atoms with van der Waals surface area (Å²) in [6.45, 7) is 6.03. The summed E-state index contributed by atoms with van der Waals surface area (Å²) >= 11 is 0. The van der Waals surface area contributed by atoms with Gasteiger partial charge in [0, 0.05) is 25.0 Å². The molecule has 3 heteroatoms. The van der Waals surface area contributed by atoms with Crippen molar-refractivity contribution in [3.63, 3.8) is 0 Å². The van der Waals surface area contributed by atoms with Crippen molar-refractivity contribution in [2.45, 2.75) is 51.1 Å². The predicted octanol–water partition coefficient (Wildman–Crippen LogP) is 2.32. The summed E-state index contributed by atoms with van der Waals surface area (Å²) in [5, 5.41) is 3.40. The fourth-order valence-corrected chi connectivity index (χ4v) is 3.47. The first kappa shape index (κ1) is 13.6. The van der Waals surface area contributed by atoms with Gasteiger partial charge in [0.1, 0.15) is 0 Å². The molecule has 2 unspecified atom stereocenters. The van der Waals surface area contributed by atoms with Gasteiger partial charge in [0.15, 0.2) is 0 Å². The Bertz CT molecular complexity index is 498. The third-order valence-electron chi connectivity index (χ3n) is 4.47. The van der Waals surface area contributed by atoms with Crippen LogP contribution < -0.4 is 5.32 Å². The Morgan fingerprint density at radius 2 is 2.15 bits per heavy atom. The van der Waals surface area contributed by atoms with Crippen molar-refractivity contribution in [2.75, 3.05) is 13.1 Å². The highest BCUT2D eigenvalue weighted by molar-refractivity contribution is 5.82. The van der Waals surface area contributed by atoms with E-state index in [0.29, 0.717) is 17.9 Å². The van der Waals surface area contributed by atoms with Gasteiger partial charge in [-0.25, -0.2) is 0 Å². The molecule has 1 saturated heterocycles. The molecule has 20 heavy (non-hydrogen) atoms. The fourth-order valence-electron chi connectivity index (χ4n) is 3.47. The first-order valence-electron chi connectivity index (χ1n) is 7.78. The van der Waals surface area contributed by atoms with Gasteiger partial charge < -0.3 is 10.2 Å². The van der Waals surface area contributed by atoms with E-state index >= 15 is 0 Å². The highest BCUT2D eigenvalue weighted by Crippen LogP contribution is 2.35. The van der Waals surface area contributed by atoms with E-state index in [2.05, 4.69) is 48.3 Å². The molecule has 108 valence electrons. The van der Waals surface area contributed by atoms with Crippen LogP contribution in [0.1, 0.15) is 43.7 Å². The van der Waals surface area contributed by atoms with Crippen LogP contribution in [0.25, 0.3) is 0 Å². The first-order chi connectivity index (χ1) is 9.65. The number of hydrogen-bond donors (Lipinski definition) is 1. The molecule has 0 saturated carbocycles. The van der Waals surface area contributed by atoms with Gasteiger partial charge in [-0.2, -0.15) is 0 Å². The van der Waals surface area contributed by atoms with Gasteiger partial charge in [0.2, 0.25) is 5.91 Å². The van der Waals surface area contributed by atoms with Crippen molar-refractivity contribution in [1.82, 2.24) is 10.2 Å². The number of carbonyl (C=O) groups excluding carboxylic acids is 1. The zero-order valence-electron chi connectivity index (χ0n) is 12.4. The van der Waals surface area contributed by atoms with E-state index in [1.165, 1.54) is 11.1 Å². The van der Waals surface area contributed by atoms with E-state index in [1.54, 1.807) is 0 Å². The topological polar surface area (TPSA) is 32.3 Å². The second kappa shape index (κ2) is 5.57. The molecule has 1 N–H and O–H groups in total. The average molecular weight is 272 g/mol.